The maximum absolute atomic E-state index is 12.8. The summed E-state index contributed by atoms with van der Waals surface area (Å²) in [6, 6.07) is 20.1. The lowest BCUT2D eigenvalue weighted by atomic mass is 10.1. The number of hydrogen-bond acceptors (Lipinski definition) is 3. The van der Waals surface area contributed by atoms with Crippen LogP contribution in [0.1, 0.15) is 43.1 Å². The molecule has 0 N–H and O–H groups in total. The lowest BCUT2D eigenvalue weighted by Crippen LogP contribution is -2.16. The Bertz CT molecular complexity index is 1410. The highest BCUT2D eigenvalue weighted by Gasteiger charge is 2.38. The van der Waals surface area contributed by atoms with Gasteiger partial charge in [-0.2, -0.15) is 0 Å². The SMILES string of the molecule is CC.CN1C=C2CC1c1c2n(C)c2cc(-n3ccc(OCc4ccccc4)cc3=O)ccc12. The molecular weight excluding hydrogens is 410 g/mol. The molecule has 0 amide bonds. The van der Waals surface area contributed by atoms with E-state index >= 15 is 0 Å². The van der Waals surface area contributed by atoms with E-state index in [1.807, 2.05) is 56.3 Å². The van der Waals surface area contributed by atoms with Gasteiger partial charge in [-0.15, -0.1) is 0 Å². The fourth-order valence-electron chi connectivity index (χ4n) is 5.04. The minimum Gasteiger partial charge on any atom is -0.489 e. The van der Waals surface area contributed by atoms with Gasteiger partial charge in [0.15, 0.2) is 0 Å². The Hall–Kier alpha value is -3.73. The van der Waals surface area contributed by atoms with Crippen LogP contribution in [0.2, 0.25) is 0 Å². The van der Waals surface area contributed by atoms with Crippen molar-refractivity contribution in [3.05, 3.63) is 100 Å². The van der Waals surface area contributed by atoms with Crippen LogP contribution in [0.5, 0.6) is 5.75 Å². The van der Waals surface area contributed by atoms with Crippen LogP contribution in [-0.4, -0.2) is 21.1 Å². The summed E-state index contributed by atoms with van der Waals surface area (Å²) in [5.41, 5.74) is 7.15. The molecular formula is C28H29N3O2. The van der Waals surface area contributed by atoms with E-state index in [9.17, 15) is 4.79 Å². The highest BCUT2D eigenvalue weighted by molar-refractivity contribution is 5.95. The van der Waals surface area contributed by atoms with Gasteiger partial charge >= 0.3 is 0 Å². The van der Waals surface area contributed by atoms with Gasteiger partial charge in [0.1, 0.15) is 12.4 Å². The van der Waals surface area contributed by atoms with Gasteiger partial charge in [0.25, 0.3) is 5.56 Å². The Morgan fingerprint density at radius 1 is 1.00 bits per heavy atom. The molecule has 5 heteroatoms. The minimum absolute atomic E-state index is 0.103. The zero-order valence-corrected chi connectivity index (χ0v) is 19.6. The molecule has 0 spiro atoms. The molecule has 3 heterocycles. The monoisotopic (exact) mass is 439 g/mol. The highest BCUT2D eigenvalue weighted by Crippen LogP contribution is 2.51. The zero-order chi connectivity index (χ0) is 23.1. The van der Waals surface area contributed by atoms with Gasteiger partial charge in [-0.3, -0.25) is 9.36 Å². The van der Waals surface area contributed by atoms with Crippen LogP contribution in [0.25, 0.3) is 22.2 Å². The number of aromatic nitrogens is 2. The van der Waals surface area contributed by atoms with Crippen molar-refractivity contribution in [1.29, 1.82) is 0 Å². The summed E-state index contributed by atoms with van der Waals surface area (Å²) in [5, 5.41) is 1.28. The van der Waals surface area contributed by atoms with Crippen molar-refractivity contribution in [2.45, 2.75) is 32.9 Å². The van der Waals surface area contributed by atoms with Crippen LogP contribution in [0.4, 0.5) is 0 Å². The summed E-state index contributed by atoms with van der Waals surface area (Å²) in [5.74, 6) is 0.579. The molecule has 33 heavy (non-hydrogen) atoms. The molecule has 2 aliphatic rings. The first-order valence-corrected chi connectivity index (χ1v) is 11.6. The number of hydrogen-bond donors (Lipinski definition) is 0. The Morgan fingerprint density at radius 2 is 1.79 bits per heavy atom. The standard InChI is InChI=1S/C26H23N3O2.C2H6/c1-27-15-18-12-23(27)25-21-9-8-19(13-22(21)28(2)26(18)25)29-11-10-20(14-24(29)30)31-16-17-6-4-3-5-7-17;1-2/h3-11,13-15,23H,12,16H2,1-2H3;1-2H3. The second-order valence-electron chi connectivity index (χ2n) is 8.41. The molecule has 1 atom stereocenters. The van der Waals surface area contributed by atoms with Gasteiger partial charge in [-0.1, -0.05) is 50.2 Å². The Balaban J connectivity index is 0.00000111. The summed E-state index contributed by atoms with van der Waals surface area (Å²) >= 11 is 0. The first kappa shape index (κ1) is 21.1. The molecule has 168 valence electrons. The third-order valence-corrected chi connectivity index (χ3v) is 6.54. The van der Waals surface area contributed by atoms with Crippen molar-refractivity contribution in [1.82, 2.24) is 14.0 Å². The number of rotatable bonds is 4. The third kappa shape index (κ3) is 3.44. The molecule has 0 saturated heterocycles. The fourth-order valence-corrected chi connectivity index (χ4v) is 5.04. The lowest BCUT2D eigenvalue weighted by Gasteiger charge is -2.21. The average molecular weight is 440 g/mol. The van der Waals surface area contributed by atoms with Crippen LogP contribution in [0, 0.1) is 0 Å². The maximum atomic E-state index is 12.8. The minimum atomic E-state index is -0.103. The number of benzene rings is 2. The van der Waals surface area contributed by atoms with Crippen molar-refractivity contribution in [2.24, 2.45) is 7.05 Å². The molecule has 2 aromatic heterocycles. The van der Waals surface area contributed by atoms with E-state index in [4.69, 9.17) is 4.74 Å². The summed E-state index contributed by atoms with van der Waals surface area (Å²) in [6.07, 6.45) is 5.14. The van der Waals surface area contributed by atoms with E-state index in [0.717, 1.165) is 23.2 Å². The average Bonchev–Trinajstić information content (AvgIpc) is 3.49. The fraction of sp³-hybridized carbons (Fsp3) is 0.250. The van der Waals surface area contributed by atoms with Crippen LogP contribution >= 0.6 is 0 Å². The van der Waals surface area contributed by atoms with Gasteiger partial charge in [0, 0.05) is 49.9 Å². The molecule has 2 bridgehead atoms. The normalized spacial score (nSPS) is 15.8. The molecule has 6 rings (SSSR count). The van der Waals surface area contributed by atoms with Crippen molar-refractivity contribution in [2.75, 3.05) is 7.05 Å². The van der Waals surface area contributed by atoms with Crippen LogP contribution in [-0.2, 0) is 13.7 Å². The summed E-state index contributed by atoms with van der Waals surface area (Å²) in [7, 11) is 4.27. The van der Waals surface area contributed by atoms with E-state index in [-0.39, 0.29) is 5.56 Å². The number of ether oxygens (including phenoxy) is 1. The smallest absolute Gasteiger partial charge is 0.258 e. The number of nitrogens with zero attached hydrogens (tertiary/aromatic N) is 3. The van der Waals surface area contributed by atoms with Crippen LogP contribution in [0.15, 0.2) is 77.9 Å². The van der Waals surface area contributed by atoms with E-state index in [1.54, 1.807) is 16.8 Å². The zero-order valence-electron chi connectivity index (χ0n) is 19.6. The summed E-state index contributed by atoms with van der Waals surface area (Å²) in [4.78, 5) is 15.1. The van der Waals surface area contributed by atoms with Crippen LogP contribution in [0.3, 0.4) is 0 Å². The highest BCUT2D eigenvalue weighted by atomic mass is 16.5. The van der Waals surface area contributed by atoms with Gasteiger partial charge in [-0.25, -0.2) is 0 Å². The van der Waals surface area contributed by atoms with Crippen LogP contribution < -0.4 is 10.3 Å². The lowest BCUT2D eigenvalue weighted by molar-refractivity contribution is 0.305. The van der Waals surface area contributed by atoms with Gasteiger partial charge < -0.3 is 14.2 Å². The maximum Gasteiger partial charge on any atom is 0.258 e. The van der Waals surface area contributed by atoms with Gasteiger partial charge in [0.05, 0.1) is 22.9 Å². The predicted molar refractivity (Wildman–Crippen MR) is 134 cm³/mol. The van der Waals surface area contributed by atoms with E-state index in [1.165, 1.54) is 22.2 Å². The molecule has 5 nitrogen and oxygen atoms in total. The summed E-state index contributed by atoms with van der Waals surface area (Å²) in [6.45, 7) is 4.44. The molecule has 0 radical (unpaired) electrons. The first-order chi connectivity index (χ1) is 16.1. The largest absolute Gasteiger partial charge is 0.489 e. The molecule has 0 fully saturated rings. The first-order valence-electron chi connectivity index (χ1n) is 11.6. The van der Waals surface area contributed by atoms with E-state index in [2.05, 4.69) is 41.9 Å². The summed E-state index contributed by atoms with van der Waals surface area (Å²) < 4.78 is 9.75. The van der Waals surface area contributed by atoms with Crippen molar-refractivity contribution in [3.8, 4) is 11.4 Å². The van der Waals surface area contributed by atoms with E-state index < -0.39 is 0 Å². The van der Waals surface area contributed by atoms with Crippen molar-refractivity contribution in [3.63, 3.8) is 0 Å². The second-order valence-corrected chi connectivity index (χ2v) is 8.41. The Kier molecular flexibility index (Phi) is 5.33. The molecule has 4 aromatic rings. The number of aryl methyl sites for hydroxylation is 1. The van der Waals surface area contributed by atoms with Gasteiger partial charge in [-0.05, 0) is 29.3 Å². The Morgan fingerprint density at radius 3 is 2.55 bits per heavy atom. The number of pyridine rings is 1. The molecule has 1 aliphatic carbocycles. The number of fused-ring (bicyclic) bond motifs is 7. The molecule has 2 aromatic carbocycles. The quantitative estimate of drug-likeness (QED) is 0.412. The topological polar surface area (TPSA) is 39.4 Å². The van der Waals surface area contributed by atoms with Gasteiger partial charge in [0.2, 0.25) is 0 Å². The molecule has 1 unspecified atom stereocenters. The van der Waals surface area contributed by atoms with Crippen molar-refractivity contribution >= 4 is 16.5 Å². The molecule has 1 aliphatic heterocycles. The second kappa shape index (κ2) is 8.32. The third-order valence-electron chi connectivity index (χ3n) is 6.54. The Labute approximate surface area is 194 Å². The molecule has 0 saturated carbocycles. The van der Waals surface area contributed by atoms with E-state index in [0.29, 0.717) is 18.4 Å². The predicted octanol–water partition coefficient (Wildman–Crippen LogP) is 5.67. The van der Waals surface area contributed by atoms with Crippen molar-refractivity contribution < 1.29 is 4.74 Å².